The summed E-state index contributed by atoms with van der Waals surface area (Å²) in [5, 5.41) is 4.01. The summed E-state index contributed by atoms with van der Waals surface area (Å²) in [7, 11) is 0. The Morgan fingerprint density at radius 3 is 2.07 bits per heavy atom. The Hall–Kier alpha value is -2.53. The average molecular weight is 435 g/mol. The second-order valence-corrected chi connectivity index (χ2v) is 7.08. The number of hydrogen-bond donors (Lipinski definition) is 1. The van der Waals surface area contributed by atoms with Gasteiger partial charge in [0.25, 0.3) is 5.91 Å². The molecule has 3 rings (SSSR count). The van der Waals surface area contributed by atoms with Crippen molar-refractivity contribution in [3.05, 3.63) is 92.9 Å². The number of carbonyl (C=O) groups excluding carboxylic acids is 2. The van der Waals surface area contributed by atoms with Gasteiger partial charge in [-0.05, 0) is 66.7 Å². The van der Waals surface area contributed by atoms with Gasteiger partial charge >= 0.3 is 0 Å². The second kappa shape index (κ2) is 9.11. The van der Waals surface area contributed by atoms with Gasteiger partial charge in [0.05, 0.1) is 10.0 Å². The molecule has 28 heavy (non-hydrogen) atoms. The summed E-state index contributed by atoms with van der Waals surface area (Å²) in [5.74, 6) is 0.0358. The molecule has 1 N–H and O–H groups in total. The van der Waals surface area contributed by atoms with E-state index in [4.69, 9.17) is 39.5 Å². The first-order valence-electron chi connectivity index (χ1n) is 8.20. The van der Waals surface area contributed by atoms with E-state index in [1.165, 1.54) is 6.07 Å². The Morgan fingerprint density at radius 2 is 1.43 bits per heavy atom. The molecule has 0 fully saturated rings. The van der Waals surface area contributed by atoms with Crippen LogP contribution >= 0.6 is 34.8 Å². The molecule has 0 saturated carbocycles. The van der Waals surface area contributed by atoms with Gasteiger partial charge in [0.2, 0.25) is 0 Å². The van der Waals surface area contributed by atoms with Crippen LogP contribution in [-0.4, -0.2) is 18.3 Å². The van der Waals surface area contributed by atoms with Crippen LogP contribution in [0.1, 0.15) is 20.7 Å². The van der Waals surface area contributed by atoms with Gasteiger partial charge in [-0.1, -0.05) is 34.8 Å². The van der Waals surface area contributed by atoms with Crippen LogP contribution in [0.15, 0.2) is 66.7 Å². The molecule has 0 spiro atoms. The number of anilines is 1. The van der Waals surface area contributed by atoms with Crippen LogP contribution in [0.25, 0.3) is 0 Å². The fourth-order valence-corrected chi connectivity index (χ4v) is 2.77. The van der Waals surface area contributed by atoms with Crippen LogP contribution in [0, 0.1) is 0 Å². The smallest absolute Gasteiger partial charge is 0.255 e. The minimum Gasteiger partial charge on any atom is -0.485 e. The SMILES string of the molecule is O=C(COc1ccc(NC(=O)c2ccc(Cl)c(Cl)c2)cc1)c1ccc(Cl)cc1. The van der Waals surface area contributed by atoms with Crippen molar-refractivity contribution in [1.29, 1.82) is 0 Å². The van der Waals surface area contributed by atoms with E-state index in [0.29, 0.717) is 37.6 Å². The molecule has 0 aliphatic heterocycles. The predicted molar refractivity (Wildman–Crippen MR) is 112 cm³/mol. The van der Waals surface area contributed by atoms with Gasteiger partial charge in [0, 0.05) is 21.8 Å². The van der Waals surface area contributed by atoms with Crippen molar-refractivity contribution in [2.45, 2.75) is 0 Å². The molecule has 0 aliphatic rings. The van der Waals surface area contributed by atoms with E-state index < -0.39 is 0 Å². The highest BCUT2D eigenvalue weighted by atomic mass is 35.5. The summed E-state index contributed by atoms with van der Waals surface area (Å²) in [5.41, 5.74) is 1.49. The summed E-state index contributed by atoms with van der Waals surface area (Å²) in [4.78, 5) is 24.4. The number of Topliss-reactive ketones (excluding diaryl/α,β-unsaturated/α-hetero) is 1. The van der Waals surface area contributed by atoms with Gasteiger partial charge in [0.15, 0.2) is 12.4 Å². The zero-order valence-corrected chi connectivity index (χ0v) is 16.7. The first kappa shape index (κ1) is 20.2. The van der Waals surface area contributed by atoms with Crippen LogP contribution in [0.3, 0.4) is 0 Å². The quantitative estimate of drug-likeness (QED) is 0.473. The molecule has 0 radical (unpaired) electrons. The van der Waals surface area contributed by atoms with Gasteiger partial charge in [-0.3, -0.25) is 9.59 Å². The van der Waals surface area contributed by atoms with Crippen molar-refractivity contribution < 1.29 is 14.3 Å². The minimum atomic E-state index is -0.315. The molecule has 0 aliphatic carbocycles. The third-order valence-electron chi connectivity index (χ3n) is 3.83. The van der Waals surface area contributed by atoms with E-state index in [1.54, 1.807) is 60.7 Å². The maximum Gasteiger partial charge on any atom is 0.255 e. The van der Waals surface area contributed by atoms with Crippen molar-refractivity contribution in [2.75, 3.05) is 11.9 Å². The molecule has 1 amide bonds. The number of hydrogen-bond acceptors (Lipinski definition) is 3. The largest absolute Gasteiger partial charge is 0.485 e. The molecule has 0 bridgehead atoms. The lowest BCUT2D eigenvalue weighted by Gasteiger charge is -2.09. The highest BCUT2D eigenvalue weighted by molar-refractivity contribution is 6.42. The Kier molecular flexibility index (Phi) is 6.57. The maximum atomic E-state index is 12.3. The summed E-state index contributed by atoms with van der Waals surface area (Å²) in [6, 6.07) is 17.9. The number of ether oxygens (including phenoxy) is 1. The van der Waals surface area contributed by atoms with Gasteiger partial charge in [-0.25, -0.2) is 0 Å². The summed E-state index contributed by atoms with van der Waals surface area (Å²) in [6.07, 6.45) is 0. The minimum absolute atomic E-state index is 0.101. The molecule has 0 saturated heterocycles. The molecule has 3 aromatic carbocycles. The normalized spacial score (nSPS) is 10.4. The van der Waals surface area contributed by atoms with Crippen molar-refractivity contribution >= 4 is 52.2 Å². The number of nitrogens with one attached hydrogen (secondary N) is 1. The van der Waals surface area contributed by atoms with Gasteiger partial charge in [-0.2, -0.15) is 0 Å². The van der Waals surface area contributed by atoms with Crippen molar-refractivity contribution in [2.24, 2.45) is 0 Å². The lowest BCUT2D eigenvalue weighted by molar-refractivity contribution is 0.0921. The third-order valence-corrected chi connectivity index (χ3v) is 4.82. The first-order valence-corrected chi connectivity index (χ1v) is 9.34. The Balaban J connectivity index is 1.57. The van der Waals surface area contributed by atoms with E-state index >= 15 is 0 Å². The lowest BCUT2D eigenvalue weighted by atomic mass is 10.1. The molecule has 142 valence electrons. The predicted octanol–water partition coefficient (Wildman–Crippen LogP) is 6.16. The van der Waals surface area contributed by atoms with Gasteiger partial charge in [0.1, 0.15) is 5.75 Å². The van der Waals surface area contributed by atoms with Crippen molar-refractivity contribution in [3.63, 3.8) is 0 Å². The number of amides is 1. The van der Waals surface area contributed by atoms with E-state index in [0.717, 1.165) is 0 Å². The zero-order chi connectivity index (χ0) is 20.1. The van der Waals surface area contributed by atoms with Crippen LogP contribution in [0.5, 0.6) is 5.75 Å². The molecule has 7 heteroatoms. The molecule has 4 nitrogen and oxygen atoms in total. The maximum absolute atomic E-state index is 12.3. The summed E-state index contributed by atoms with van der Waals surface area (Å²) < 4.78 is 5.50. The van der Waals surface area contributed by atoms with E-state index in [-0.39, 0.29) is 18.3 Å². The monoisotopic (exact) mass is 433 g/mol. The van der Waals surface area contributed by atoms with E-state index in [1.807, 2.05) is 0 Å². The topological polar surface area (TPSA) is 55.4 Å². The van der Waals surface area contributed by atoms with Crippen LogP contribution < -0.4 is 10.1 Å². The van der Waals surface area contributed by atoms with Crippen LogP contribution in [0.2, 0.25) is 15.1 Å². The zero-order valence-electron chi connectivity index (χ0n) is 14.4. The Labute approximate surface area is 177 Å². The summed E-state index contributed by atoms with van der Waals surface area (Å²) >= 11 is 17.6. The Bertz CT molecular complexity index is 1000. The van der Waals surface area contributed by atoms with E-state index in [9.17, 15) is 9.59 Å². The molecule has 0 aromatic heterocycles. The van der Waals surface area contributed by atoms with Gasteiger partial charge < -0.3 is 10.1 Å². The van der Waals surface area contributed by atoms with Crippen LogP contribution in [-0.2, 0) is 0 Å². The fraction of sp³-hybridized carbons (Fsp3) is 0.0476. The molecule has 3 aromatic rings. The molecule has 0 unspecified atom stereocenters. The van der Waals surface area contributed by atoms with E-state index in [2.05, 4.69) is 5.32 Å². The standard InChI is InChI=1S/C21H14Cl3NO3/c22-15-4-1-13(2-5-15)20(26)12-28-17-8-6-16(7-9-17)25-21(27)14-3-10-18(23)19(24)11-14/h1-11H,12H2,(H,25,27). The number of rotatable bonds is 6. The number of halogens is 3. The first-order chi connectivity index (χ1) is 13.4. The molecule has 0 atom stereocenters. The Morgan fingerprint density at radius 1 is 0.786 bits per heavy atom. The number of benzene rings is 3. The van der Waals surface area contributed by atoms with Crippen molar-refractivity contribution in [3.8, 4) is 5.75 Å². The van der Waals surface area contributed by atoms with Crippen molar-refractivity contribution in [1.82, 2.24) is 0 Å². The summed E-state index contributed by atoms with van der Waals surface area (Å²) in [6.45, 7) is -0.101. The lowest BCUT2D eigenvalue weighted by Crippen LogP contribution is -2.12. The highest BCUT2D eigenvalue weighted by Gasteiger charge is 2.10. The number of ketones is 1. The fourth-order valence-electron chi connectivity index (χ4n) is 2.34. The highest BCUT2D eigenvalue weighted by Crippen LogP contribution is 2.23. The second-order valence-electron chi connectivity index (χ2n) is 5.83. The molecule has 0 heterocycles. The molecular formula is C21H14Cl3NO3. The molecular weight excluding hydrogens is 421 g/mol. The van der Waals surface area contributed by atoms with Crippen LogP contribution in [0.4, 0.5) is 5.69 Å². The third kappa shape index (κ3) is 5.26. The van der Waals surface area contributed by atoms with Gasteiger partial charge in [-0.15, -0.1) is 0 Å². The average Bonchev–Trinajstić information content (AvgIpc) is 2.69. The number of carbonyl (C=O) groups is 2.